The smallest absolute Gasteiger partial charge is 0.321 e. The van der Waals surface area contributed by atoms with Crippen molar-refractivity contribution in [3.63, 3.8) is 0 Å². The molecule has 0 heterocycles. The maximum absolute atomic E-state index is 11.3. The molecule has 0 aromatic heterocycles. The van der Waals surface area contributed by atoms with Crippen LogP contribution in [0.15, 0.2) is 29.2 Å². The van der Waals surface area contributed by atoms with Crippen molar-refractivity contribution in [2.75, 3.05) is 18.5 Å². The monoisotopic (exact) mass is 239 g/mol. The lowest BCUT2D eigenvalue weighted by Gasteiger charge is -2.05. The van der Waals surface area contributed by atoms with Crippen LogP contribution in [0, 0.1) is 0 Å². The topological polar surface area (TPSA) is 84.2 Å². The Hall–Kier alpha value is -1.69. The average Bonchev–Trinajstić information content (AvgIpc) is 2.28. The van der Waals surface area contributed by atoms with Crippen LogP contribution in [0.2, 0.25) is 0 Å². The molecule has 0 radical (unpaired) electrons. The van der Waals surface area contributed by atoms with Gasteiger partial charge in [-0.05, 0) is 12.1 Å². The SMILES string of the molecule is CNC(=O)NC(=O)CSc1ccccc1N. The molecule has 0 spiro atoms. The molecule has 0 saturated heterocycles. The molecule has 0 fully saturated rings. The number of amides is 3. The van der Waals surface area contributed by atoms with Crippen molar-refractivity contribution >= 4 is 29.4 Å². The first kappa shape index (κ1) is 12.4. The number of nitrogens with two attached hydrogens (primary N) is 1. The number of benzene rings is 1. The van der Waals surface area contributed by atoms with E-state index in [0.717, 1.165) is 4.90 Å². The summed E-state index contributed by atoms with van der Waals surface area (Å²) in [5.74, 6) is -0.200. The number of rotatable bonds is 3. The summed E-state index contributed by atoms with van der Waals surface area (Å²) in [5, 5.41) is 4.47. The van der Waals surface area contributed by atoms with Crippen LogP contribution < -0.4 is 16.4 Å². The van der Waals surface area contributed by atoms with Gasteiger partial charge in [0.1, 0.15) is 0 Å². The third kappa shape index (κ3) is 3.82. The molecule has 5 nitrogen and oxygen atoms in total. The van der Waals surface area contributed by atoms with E-state index >= 15 is 0 Å². The molecular formula is C10H13N3O2S. The van der Waals surface area contributed by atoms with Crippen LogP contribution >= 0.6 is 11.8 Å². The highest BCUT2D eigenvalue weighted by molar-refractivity contribution is 8.00. The van der Waals surface area contributed by atoms with E-state index in [1.54, 1.807) is 6.07 Å². The Morgan fingerprint density at radius 3 is 2.69 bits per heavy atom. The molecule has 6 heteroatoms. The summed E-state index contributed by atoms with van der Waals surface area (Å²) in [7, 11) is 1.45. The van der Waals surface area contributed by atoms with Gasteiger partial charge in [0.25, 0.3) is 0 Å². The number of thioether (sulfide) groups is 1. The quantitative estimate of drug-likeness (QED) is 0.538. The molecule has 0 atom stereocenters. The predicted octanol–water partition coefficient (Wildman–Crippen LogP) is 0.817. The van der Waals surface area contributed by atoms with Gasteiger partial charge in [-0.2, -0.15) is 0 Å². The number of hydrogen-bond donors (Lipinski definition) is 3. The van der Waals surface area contributed by atoms with E-state index in [0.29, 0.717) is 5.69 Å². The Kier molecular flexibility index (Phi) is 4.65. The molecule has 0 aliphatic heterocycles. The fraction of sp³-hybridized carbons (Fsp3) is 0.200. The van der Waals surface area contributed by atoms with Crippen molar-refractivity contribution in [2.24, 2.45) is 0 Å². The van der Waals surface area contributed by atoms with Gasteiger partial charge in [-0.15, -0.1) is 11.8 Å². The average molecular weight is 239 g/mol. The minimum absolute atomic E-state index is 0.154. The normalized spacial score (nSPS) is 9.56. The van der Waals surface area contributed by atoms with Gasteiger partial charge < -0.3 is 11.1 Å². The van der Waals surface area contributed by atoms with Crippen LogP contribution in [-0.2, 0) is 4.79 Å². The number of nitrogen functional groups attached to an aromatic ring is 1. The fourth-order valence-corrected chi connectivity index (χ4v) is 1.75. The van der Waals surface area contributed by atoms with Crippen LogP contribution in [0.5, 0.6) is 0 Å². The van der Waals surface area contributed by atoms with Crippen LogP contribution in [0.1, 0.15) is 0 Å². The third-order valence-corrected chi connectivity index (χ3v) is 2.85. The van der Waals surface area contributed by atoms with Gasteiger partial charge in [-0.3, -0.25) is 10.1 Å². The molecule has 1 aromatic rings. The molecule has 1 aromatic carbocycles. The van der Waals surface area contributed by atoms with Gasteiger partial charge in [-0.25, -0.2) is 4.79 Å². The molecule has 16 heavy (non-hydrogen) atoms. The summed E-state index contributed by atoms with van der Waals surface area (Å²) < 4.78 is 0. The maximum Gasteiger partial charge on any atom is 0.321 e. The Morgan fingerprint density at radius 1 is 1.38 bits per heavy atom. The van der Waals surface area contributed by atoms with Crippen LogP contribution in [0.4, 0.5) is 10.5 Å². The minimum Gasteiger partial charge on any atom is -0.398 e. The van der Waals surface area contributed by atoms with Crippen molar-refractivity contribution in [3.8, 4) is 0 Å². The lowest BCUT2D eigenvalue weighted by Crippen LogP contribution is -2.38. The molecular weight excluding hydrogens is 226 g/mol. The Labute approximate surface area is 97.8 Å². The van der Waals surface area contributed by atoms with E-state index in [-0.39, 0.29) is 11.7 Å². The van der Waals surface area contributed by atoms with E-state index in [1.165, 1.54) is 18.8 Å². The second kappa shape index (κ2) is 6.02. The summed E-state index contributed by atoms with van der Waals surface area (Å²) in [4.78, 5) is 22.9. The van der Waals surface area contributed by atoms with Crippen molar-refractivity contribution in [3.05, 3.63) is 24.3 Å². The fourth-order valence-electron chi connectivity index (χ4n) is 0.980. The highest BCUT2D eigenvalue weighted by Crippen LogP contribution is 2.23. The van der Waals surface area contributed by atoms with E-state index in [9.17, 15) is 9.59 Å². The van der Waals surface area contributed by atoms with Crippen molar-refractivity contribution < 1.29 is 9.59 Å². The molecule has 0 saturated carbocycles. The number of hydrogen-bond acceptors (Lipinski definition) is 4. The van der Waals surface area contributed by atoms with E-state index in [2.05, 4.69) is 10.6 Å². The number of anilines is 1. The molecule has 0 unspecified atom stereocenters. The predicted molar refractivity (Wildman–Crippen MR) is 64.2 cm³/mol. The first-order chi connectivity index (χ1) is 7.63. The highest BCUT2D eigenvalue weighted by atomic mass is 32.2. The summed E-state index contributed by atoms with van der Waals surface area (Å²) in [6.45, 7) is 0. The van der Waals surface area contributed by atoms with Crippen LogP contribution in [0.25, 0.3) is 0 Å². The first-order valence-electron chi connectivity index (χ1n) is 4.62. The molecule has 0 aliphatic rings. The number of nitrogens with one attached hydrogen (secondary N) is 2. The van der Waals surface area contributed by atoms with Gasteiger partial charge in [0.2, 0.25) is 5.91 Å². The lowest BCUT2D eigenvalue weighted by atomic mass is 10.3. The van der Waals surface area contributed by atoms with Crippen molar-refractivity contribution in [2.45, 2.75) is 4.90 Å². The summed E-state index contributed by atoms with van der Waals surface area (Å²) in [6.07, 6.45) is 0. The third-order valence-electron chi connectivity index (χ3n) is 1.76. The second-order valence-corrected chi connectivity index (χ2v) is 3.97. The number of imide groups is 1. The maximum atomic E-state index is 11.3. The van der Waals surface area contributed by atoms with Crippen molar-refractivity contribution in [1.29, 1.82) is 0 Å². The molecule has 1 rings (SSSR count). The molecule has 3 amide bonds. The number of urea groups is 1. The minimum atomic E-state index is -0.508. The van der Waals surface area contributed by atoms with E-state index < -0.39 is 6.03 Å². The van der Waals surface area contributed by atoms with Crippen LogP contribution in [0.3, 0.4) is 0 Å². The zero-order valence-corrected chi connectivity index (χ0v) is 9.64. The number of para-hydroxylation sites is 1. The second-order valence-electron chi connectivity index (χ2n) is 2.95. The van der Waals surface area contributed by atoms with E-state index in [4.69, 9.17) is 5.73 Å². The van der Waals surface area contributed by atoms with Gasteiger partial charge >= 0.3 is 6.03 Å². The van der Waals surface area contributed by atoms with Crippen molar-refractivity contribution in [1.82, 2.24) is 10.6 Å². The molecule has 0 bridgehead atoms. The largest absolute Gasteiger partial charge is 0.398 e. The van der Waals surface area contributed by atoms with Crippen LogP contribution in [-0.4, -0.2) is 24.7 Å². The van der Waals surface area contributed by atoms with E-state index in [1.807, 2.05) is 18.2 Å². The number of carbonyl (C=O) groups excluding carboxylic acids is 2. The van der Waals surface area contributed by atoms with Gasteiger partial charge in [0.15, 0.2) is 0 Å². The molecule has 4 N–H and O–H groups in total. The van der Waals surface area contributed by atoms with Gasteiger partial charge in [0.05, 0.1) is 5.75 Å². The molecule has 0 aliphatic carbocycles. The Morgan fingerprint density at radius 2 is 2.06 bits per heavy atom. The zero-order valence-electron chi connectivity index (χ0n) is 8.82. The highest BCUT2D eigenvalue weighted by Gasteiger charge is 2.07. The first-order valence-corrected chi connectivity index (χ1v) is 5.61. The molecule has 86 valence electrons. The zero-order chi connectivity index (χ0) is 12.0. The standard InChI is InChI=1S/C10H13N3O2S/c1-12-10(15)13-9(14)6-16-8-5-3-2-4-7(8)11/h2-5H,6,11H2,1H3,(H2,12,13,14,15). The Bertz CT molecular complexity index is 395. The van der Waals surface area contributed by atoms with Gasteiger partial charge in [0, 0.05) is 17.6 Å². The number of carbonyl (C=O) groups is 2. The lowest BCUT2D eigenvalue weighted by molar-refractivity contribution is -0.117. The summed E-state index contributed by atoms with van der Waals surface area (Å²) in [6, 6.07) is 6.75. The summed E-state index contributed by atoms with van der Waals surface area (Å²) >= 11 is 1.29. The summed E-state index contributed by atoms with van der Waals surface area (Å²) in [5.41, 5.74) is 6.33. The Balaban J connectivity index is 2.43. The van der Waals surface area contributed by atoms with Gasteiger partial charge in [-0.1, -0.05) is 12.1 Å².